The molecule has 0 saturated carbocycles. The normalized spacial score (nSPS) is 14.2. The van der Waals surface area contributed by atoms with Crippen molar-refractivity contribution < 1.29 is 4.74 Å². The number of hydrogen-bond donors (Lipinski definition) is 0. The summed E-state index contributed by atoms with van der Waals surface area (Å²) in [6.07, 6.45) is 7.88. The van der Waals surface area contributed by atoms with Gasteiger partial charge in [-0.15, -0.1) is 0 Å². The molecule has 3 nitrogen and oxygen atoms in total. The average molecular weight is 274 g/mol. The maximum Gasteiger partial charge on any atom is 0.122 e. The molecule has 1 aliphatic rings. The zero-order valence-electron chi connectivity index (χ0n) is 12.9. The van der Waals surface area contributed by atoms with Crippen LogP contribution in [0.3, 0.4) is 0 Å². The van der Waals surface area contributed by atoms with Crippen LogP contribution >= 0.6 is 0 Å². The Kier molecular flexibility index (Phi) is 5.33. The highest BCUT2D eigenvalue weighted by Gasteiger charge is 2.07. The summed E-state index contributed by atoms with van der Waals surface area (Å²) in [6.45, 7) is 7.21. The van der Waals surface area contributed by atoms with Crippen molar-refractivity contribution in [1.29, 1.82) is 0 Å². The molecule has 20 heavy (non-hydrogen) atoms. The Hall–Kier alpha value is -1.64. The predicted octanol–water partition coefficient (Wildman–Crippen LogP) is 3.53. The molecule has 1 aliphatic heterocycles. The van der Waals surface area contributed by atoms with Crippen LogP contribution in [0.5, 0.6) is 5.75 Å². The lowest BCUT2D eigenvalue weighted by molar-refractivity contribution is 0.277. The summed E-state index contributed by atoms with van der Waals surface area (Å²) in [6, 6.07) is 6.36. The largest absolute Gasteiger partial charge is 0.493 e. The molecule has 3 heteroatoms. The molecule has 1 aromatic rings. The van der Waals surface area contributed by atoms with Gasteiger partial charge in [0.15, 0.2) is 0 Å². The van der Waals surface area contributed by atoms with Crippen molar-refractivity contribution in [2.24, 2.45) is 0 Å². The maximum absolute atomic E-state index is 5.85. The van der Waals surface area contributed by atoms with E-state index >= 15 is 0 Å². The summed E-state index contributed by atoms with van der Waals surface area (Å²) in [4.78, 5) is 4.55. The minimum atomic E-state index is 0.819. The SMILES string of the molecule is Cc1ccc(OCCCCCN2C=CN(C)C2)c(C)c1. The first kappa shape index (κ1) is 14.8. The van der Waals surface area contributed by atoms with Gasteiger partial charge in [-0.2, -0.15) is 0 Å². The van der Waals surface area contributed by atoms with Gasteiger partial charge >= 0.3 is 0 Å². The number of hydrogen-bond acceptors (Lipinski definition) is 3. The van der Waals surface area contributed by atoms with Crippen molar-refractivity contribution in [2.75, 3.05) is 26.9 Å². The van der Waals surface area contributed by atoms with E-state index < -0.39 is 0 Å². The van der Waals surface area contributed by atoms with Crippen molar-refractivity contribution in [3.63, 3.8) is 0 Å². The van der Waals surface area contributed by atoms with Gasteiger partial charge in [0.1, 0.15) is 5.75 Å². The van der Waals surface area contributed by atoms with Gasteiger partial charge in [0, 0.05) is 26.0 Å². The van der Waals surface area contributed by atoms with E-state index in [1.807, 2.05) is 0 Å². The van der Waals surface area contributed by atoms with E-state index in [1.165, 1.54) is 24.0 Å². The van der Waals surface area contributed by atoms with Gasteiger partial charge in [-0.1, -0.05) is 17.7 Å². The molecule has 0 saturated heterocycles. The zero-order valence-corrected chi connectivity index (χ0v) is 12.9. The molecule has 110 valence electrons. The van der Waals surface area contributed by atoms with E-state index in [4.69, 9.17) is 4.74 Å². The van der Waals surface area contributed by atoms with Crippen molar-refractivity contribution >= 4 is 0 Å². The van der Waals surface area contributed by atoms with Gasteiger partial charge in [0.2, 0.25) is 0 Å². The molecule has 0 N–H and O–H groups in total. The minimum absolute atomic E-state index is 0.819. The van der Waals surface area contributed by atoms with Crippen LogP contribution in [0.15, 0.2) is 30.6 Å². The third-order valence-corrected chi connectivity index (χ3v) is 3.61. The second-order valence-electron chi connectivity index (χ2n) is 5.69. The Morgan fingerprint density at radius 3 is 2.65 bits per heavy atom. The van der Waals surface area contributed by atoms with Crippen molar-refractivity contribution in [1.82, 2.24) is 9.80 Å². The minimum Gasteiger partial charge on any atom is -0.493 e. The van der Waals surface area contributed by atoms with Gasteiger partial charge in [-0.05, 0) is 44.7 Å². The van der Waals surface area contributed by atoms with Crippen LogP contribution in [0.2, 0.25) is 0 Å². The standard InChI is InChI=1S/C17H26N2O/c1-15-7-8-17(16(2)13-15)20-12-6-4-5-9-19-11-10-18(3)14-19/h7-8,10-11,13H,4-6,9,12,14H2,1-3H3. The predicted molar refractivity (Wildman–Crippen MR) is 83.7 cm³/mol. The molecular weight excluding hydrogens is 248 g/mol. The summed E-state index contributed by atoms with van der Waals surface area (Å²) >= 11 is 0. The highest BCUT2D eigenvalue weighted by Crippen LogP contribution is 2.19. The average Bonchev–Trinajstić information content (AvgIpc) is 2.81. The van der Waals surface area contributed by atoms with E-state index in [2.05, 4.69) is 61.3 Å². The van der Waals surface area contributed by atoms with Gasteiger partial charge < -0.3 is 14.5 Å². The van der Waals surface area contributed by atoms with Crippen LogP contribution in [0.4, 0.5) is 0 Å². The highest BCUT2D eigenvalue weighted by molar-refractivity contribution is 5.35. The first-order valence-corrected chi connectivity index (χ1v) is 7.48. The number of rotatable bonds is 7. The molecule has 2 rings (SSSR count). The van der Waals surface area contributed by atoms with Gasteiger partial charge in [0.25, 0.3) is 0 Å². The Bertz CT molecular complexity index is 456. The second-order valence-corrected chi connectivity index (χ2v) is 5.69. The summed E-state index contributed by atoms with van der Waals surface area (Å²) in [7, 11) is 2.11. The number of ether oxygens (including phenoxy) is 1. The number of nitrogens with zero attached hydrogens (tertiary/aromatic N) is 2. The zero-order chi connectivity index (χ0) is 14.4. The van der Waals surface area contributed by atoms with E-state index in [0.717, 1.165) is 32.0 Å². The Morgan fingerprint density at radius 2 is 1.95 bits per heavy atom. The smallest absolute Gasteiger partial charge is 0.122 e. The third-order valence-electron chi connectivity index (χ3n) is 3.61. The Morgan fingerprint density at radius 1 is 1.10 bits per heavy atom. The van der Waals surface area contributed by atoms with Crippen molar-refractivity contribution in [2.45, 2.75) is 33.1 Å². The van der Waals surface area contributed by atoms with Gasteiger partial charge in [0.05, 0.1) is 13.3 Å². The fourth-order valence-electron chi connectivity index (χ4n) is 2.47. The molecule has 1 heterocycles. The topological polar surface area (TPSA) is 15.7 Å². The first-order chi connectivity index (χ1) is 9.65. The summed E-state index contributed by atoms with van der Waals surface area (Å²) in [5, 5.41) is 0. The van der Waals surface area contributed by atoms with Crippen LogP contribution in [0, 0.1) is 13.8 Å². The van der Waals surface area contributed by atoms with Gasteiger partial charge in [-0.3, -0.25) is 0 Å². The molecule has 1 aromatic carbocycles. The van der Waals surface area contributed by atoms with Crippen LogP contribution in [0.1, 0.15) is 30.4 Å². The molecule has 0 bridgehead atoms. The molecule has 0 amide bonds. The monoisotopic (exact) mass is 274 g/mol. The molecule has 0 atom stereocenters. The number of unbranched alkanes of at least 4 members (excludes halogenated alkanes) is 2. The van der Waals surface area contributed by atoms with E-state index in [-0.39, 0.29) is 0 Å². The van der Waals surface area contributed by atoms with Crippen LogP contribution in [0.25, 0.3) is 0 Å². The van der Waals surface area contributed by atoms with Gasteiger partial charge in [-0.25, -0.2) is 0 Å². The van der Waals surface area contributed by atoms with Crippen molar-refractivity contribution in [3.05, 3.63) is 41.7 Å². The number of aryl methyl sites for hydroxylation is 2. The summed E-state index contributed by atoms with van der Waals surface area (Å²) < 4.78 is 5.85. The van der Waals surface area contributed by atoms with E-state index in [0.29, 0.717) is 0 Å². The van der Waals surface area contributed by atoms with Crippen molar-refractivity contribution in [3.8, 4) is 5.75 Å². The molecule has 0 spiro atoms. The first-order valence-electron chi connectivity index (χ1n) is 7.48. The molecule has 0 fully saturated rings. The fraction of sp³-hybridized carbons (Fsp3) is 0.529. The maximum atomic E-state index is 5.85. The molecule has 0 aromatic heterocycles. The fourth-order valence-corrected chi connectivity index (χ4v) is 2.47. The summed E-state index contributed by atoms with van der Waals surface area (Å²) in [5.41, 5.74) is 2.52. The van der Waals surface area contributed by atoms with E-state index in [9.17, 15) is 0 Å². The lowest BCUT2D eigenvalue weighted by Gasteiger charge is -2.17. The van der Waals surface area contributed by atoms with Crippen LogP contribution in [-0.2, 0) is 0 Å². The Balaban J connectivity index is 1.56. The quantitative estimate of drug-likeness (QED) is 0.707. The highest BCUT2D eigenvalue weighted by atomic mass is 16.5. The lowest BCUT2D eigenvalue weighted by atomic mass is 10.1. The second kappa shape index (κ2) is 7.22. The van der Waals surface area contributed by atoms with E-state index in [1.54, 1.807) is 0 Å². The lowest BCUT2D eigenvalue weighted by Crippen LogP contribution is -2.23. The Labute approximate surface area is 122 Å². The van der Waals surface area contributed by atoms with Crippen LogP contribution < -0.4 is 4.74 Å². The third kappa shape index (κ3) is 4.48. The molecule has 0 aliphatic carbocycles. The molecule has 0 radical (unpaired) electrons. The summed E-state index contributed by atoms with van der Waals surface area (Å²) in [5.74, 6) is 1.03. The molecule has 0 unspecified atom stereocenters. The van der Waals surface area contributed by atoms with Crippen LogP contribution in [-0.4, -0.2) is 36.7 Å². The number of benzene rings is 1. The molecular formula is C17H26N2O.